The number of carbonyl (C=O) groups excluding carboxylic acids is 1. The van der Waals surface area contributed by atoms with Crippen LogP contribution in [0.5, 0.6) is 0 Å². The molecule has 33 heavy (non-hydrogen) atoms. The van der Waals surface area contributed by atoms with E-state index < -0.39 is 6.04 Å². The van der Waals surface area contributed by atoms with Crippen LogP contribution in [0.3, 0.4) is 0 Å². The van der Waals surface area contributed by atoms with Crippen molar-refractivity contribution < 1.29 is 14.1 Å². The van der Waals surface area contributed by atoms with E-state index in [9.17, 15) is 4.79 Å². The molecule has 0 fully saturated rings. The summed E-state index contributed by atoms with van der Waals surface area (Å²) in [4.78, 5) is 19.4. The standard InChI is InChI=1S/C25H27ClN4O3/c1-15-9-10-18(13-16(15)2)22-21(17(3)30(25(31)27-22)11-6-12-32-4)24-28-23(29-33-24)19-7-5-8-20(26)14-19/h5,7-10,13-14,22H,6,11-12H2,1-4H3,(H,27,31). The summed E-state index contributed by atoms with van der Waals surface area (Å²) < 4.78 is 10.9. The van der Waals surface area contributed by atoms with Gasteiger partial charge in [0.05, 0.1) is 11.6 Å². The van der Waals surface area contributed by atoms with Gasteiger partial charge in [0.2, 0.25) is 5.82 Å². The van der Waals surface area contributed by atoms with Gasteiger partial charge < -0.3 is 14.6 Å². The van der Waals surface area contributed by atoms with Gasteiger partial charge in [-0.25, -0.2) is 4.79 Å². The van der Waals surface area contributed by atoms with Crippen molar-refractivity contribution in [1.82, 2.24) is 20.4 Å². The SMILES string of the molecule is COCCCN1C(=O)NC(c2ccc(C)c(C)c2)C(c2nc(-c3cccc(Cl)c3)no2)=C1C. The first-order valence-electron chi connectivity index (χ1n) is 10.8. The fraction of sp³-hybridized carbons (Fsp3) is 0.320. The zero-order chi connectivity index (χ0) is 23.5. The second-order valence-corrected chi connectivity index (χ2v) is 8.59. The highest BCUT2D eigenvalue weighted by Crippen LogP contribution is 2.38. The highest BCUT2D eigenvalue weighted by molar-refractivity contribution is 6.30. The normalized spacial score (nSPS) is 16.3. The van der Waals surface area contributed by atoms with Crippen LogP contribution in [0.2, 0.25) is 5.02 Å². The molecule has 2 aromatic carbocycles. The van der Waals surface area contributed by atoms with E-state index in [1.807, 2.05) is 25.1 Å². The maximum atomic E-state index is 13.0. The molecule has 0 bridgehead atoms. The topological polar surface area (TPSA) is 80.5 Å². The summed E-state index contributed by atoms with van der Waals surface area (Å²) in [6.45, 7) is 7.11. The molecule has 2 heterocycles. The van der Waals surface area contributed by atoms with Crippen LogP contribution >= 0.6 is 11.6 Å². The highest BCUT2D eigenvalue weighted by atomic mass is 35.5. The van der Waals surface area contributed by atoms with Crippen molar-refractivity contribution in [3.8, 4) is 11.4 Å². The number of urea groups is 1. The molecule has 3 aromatic rings. The minimum atomic E-state index is -0.414. The summed E-state index contributed by atoms with van der Waals surface area (Å²) in [6.07, 6.45) is 0.709. The third-order valence-corrected chi connectivity index (χ3v) is 6.17. The van der Waals surface area contributed by atoms with Crippen LogP contribution in [0.25, 0.3) is 17.0 Å². The Morgan fingerprint density at radius 2 is 1.97 bits per heavy atom. The maximum absolute atomic E-state index is 13.0. The predicted molar refractivity (Wildman–Crippen MR) is 128 cm³/mol. The van der Waals surface area contributed by atoms with Gasteiger partial charge in [0.1, 0.15) is 0 Å². The number of methoxy groups -OCH3 is 1. The lowest BCUT2D eigenvalue weighted by Crippen LogP contribution is -2.46. The molecule has 0 aliphatic carbocycles. The summed E-state index contributed by atoms with van der Waals surface area (Å²) >= 11 is 6.14. The number of hydrogen-bond acceptors (Lipinski definition) is 5. The van der Waals surface area contributed by atoms with Crippen molar-refractivity contribution in [2.45, 2.75) is 33.2 Å². The Balaban J connectivity index is 1.79. The van der Waals surface area contributed by atoms with Gasteiger partial charge in [0, 0.05) is 36.5 Å². The van der Waals surface area contributed by atoms with E-state index in [4.69, 9.17) is 20.9 Å². The lowest BCUT2D eigenvalue weighted by molar-refractivity contribution is 0.174. The van der Waals surface area contributed by atoms with Gasteiger partial charge in [0.25, 0.3) is 5.89 Å². The van der Waals surface area contributed by atoms with Crippen molar-refractivity contribution in [3.63, 3.8) is 0 Å². The molecule has 7 nitrogen and oxygen atoms in total. The third-order valence-electron chi connectivity index (χ3n) is 5.93. The molecule has 1 aromatic heterocycles. The molecular weight excluding hydrogens is 440 g/mol. The first-order valence-corrected chi connectivity index (χ1v) is 11.2. The summed E-state index contributed by atoms with van der Waals surface area (Å²) in [5.41, 5.74) is 5.60. The van der Waals surface area contributed by atoms with Gasteiger partial charge >= 0.3 is 6.03 Å². The number of halogens is 1. The number of amides is 2. The molecule has 1 aliphatic rings. The van der Waals surface area contributed by atoms with Crippen molar-refractivity contribution in [1.29, 1.82) is 0 Å². The fourth-order valence-corrected chi connectivity index (χ4v) is 4.16. The van der Waals surface area contributed by atoms with E-state index in [0.717, 1.165) is 28.0 Å². The molecule has 1 aliphatic heterocycles. The molecule has 0 saturated heterocycles. The molecular formula is C25H27ClN4O3. The van der Waals surface area contributed by atoms with Gasteiger partial charge in [-0.1, -0.05) is 47.1 Å². The zero-order valence-electron chi connectivity index (χ0n) is 19.2. The second-order valence-electron chi connectivity index (χ2n) is 8.16. The number of aromatic nitrogens is 2. The molecule has 172 valence electrons. The van der Waals surface area contributed by atoms with E-state index in [0.29, 0.717) is 36.3 Å². The number of carbonyl (C=O) groups is 1. The summed E-state index contributed by atoms with van der Waals surface area (Å²) in [6, 6.07) is 12.9. The van der Waals surface area contributed by atoms with Crippen LogP contribution in [0, 0.1) is 13.8 Å². The molecule has 1 unspecified atom stereocenters. The molecule has 0 spiro atoms. The van der Waals surface area contributed by atoms with Crippen molar-refractivity contribution in [2.75, 3.05) is 20.3 Å². The highest BCUT2D eigenvalue weighted by Gasteiger charge is 2.35. The fourth-order valence-electron chi connectivity index (χ4n) is 3.97. The number of allylic oxidation sites excluding steroid dienone is 1. The largest absolute Gasteiger partial charge is 0.385 e. The molecule has 4 rings (SSSR count). The Bertz CT molecular complexity index is 1200. The van der Waals surface area contributed by atoms with Crippen LogP contribution in [0.1, 0.15) is 42.0 Å². The van der Waals surface area contributed by atoms with Crippen LogP contribution in [0.4, 0.5) is 4.79 Å². The van der Waals surface area contributed by atoms with Crippen molar-refractivity contribution >= 4 is 23.2 Å². The molecule has 1 N–H and O–H groups in total. The monoisotopic (exact) mass is 466 g/mol. The second kappa shape index (κ2) is 9.77. The van der Waals surface area contributed by atoms with Crippen LogP contribution < -0.4 is 5.32 Å². The quantitative estimate of drug-likeness (QED) is 0.462. The Morgan fingerprint density at radius 1 is 1.15 bits per heavy atom. The van der Waals surface area contributed by atoms with E-state index in [1.165, 1.54) is 5.56 Å². The third kappa shape index (κ3) is 4.79. The Morgan fingerprint density at radius 3 is 2.70 bits per heavy atom. The Kier molecular flexibility index (Phi) is 6.81. The zero-order valence-corrected chi connectivity index (χ0v) is 19.9. The Hall–Kier alpha value is -3.16. The summed E-state index contributed by atoms with van der Waals surface area (Å²) in [7, 11) is 1.65. The van der Waals surface area contributed by atoms with E-state index >= 15 is 0 Å². The predicted octanol–water partition coefficient (Wildman–Crippen LogP) is 5.54. The van der Waals surface area contributed by atoms with Gasteiger partial charge in [-0.2, -0.15) is 4.98 Å². The average molecular weight is 467 g/mol. The van der Waals surface area contributed by atoms with E-state index in [1.54, 1.807) is 24.1 Å². The van der Waals surface area contributed by atoms with E-state index in [-0.39, 0.29) is 6.03 Å². The number of rotatable bonds is 7. The first kappa shape index (κ1) is 23.0. The Labute approximate surface area is 198 Å². The maximum Gasteiger partial charge on any atom is 0.322 e. The molecule has 0 radical (unpaired) electrons. The molecule has 2 amide bonds. The van der Waals surface area contributed by atoms with Crippen LogP contribution in [0.15, 0.2) is 52.7 Å². The van der Waals surface area contributed by atoms with Gasteiger partial charge in [-0.3, -0.25) is 4.90 Å². The van der Waals surface area contributed by atoms with Gasteiger partial charge in [-0.05, 0) is 56.0 Å². The molecule has 1 atom stereocenters. The molecule has 8 heteroatoms. The van der Waals surface area contributed by atoms with E-state index in [2.05, 4.69) is 41.4 Å². The molecule has 0 saturated carbocycles. The van der Waals surface area contributed by atoms with Gasteiger partial charge in [-0.15, -0.1) is 0 Å². The number of nitrogens with one attached hydrogen (secondary N) is 1. The van der Waals surface area contributed by atoms with Gasteiger partial charge in [0.15, 0.2) is 0 Å². The van der Waals surface area contributed by atoms with Crippen LogP contribution in [-0.4, -0.2) is 41.3 Å². The smallest absolute Gasteiger partial charge is 0.322 e. The number of hydrogen-bond donors (Lipinski definition) is 1. The summed E-state index contributed by atoms with van der Waals surface area (Å²) in [5, 5.41) is 7.91. The van der Waals surface area contributed by atoms with Crippen molar-refractivity contribution in [3.05, 3.63) is 75.8 Å². The minimum Gasteiger partial charge on any atom is -0.385 e. The van der Waals surface area contributed by atoms with Crippen molar-refractivity contribution in [2.24, 2.45) is 0 Å². The minimum absolute atomic E-state index is 0.162. The number of nitrogens with zero attached hydrogens (tertiary/aromatic N) is 3. The average Bonchev–Trinajstić information content (AvgIpc) is 3.27. The van der Waals surface area contributed by atoms with Crippen LogP contribution in [-0.2, 0) is 4.74 Å². The lowest BCUT2D eigenvalue weighted by Gasteiger charge is -2.35. The number of ether oxygens (including phenoxy) is 1. The first-order chi connectivity index (χ1) is 15.9. The lowest BCUT2D eigenvalue weighted by atomic mass is 9.92. The summed E-state index contributed by atoms with van der Waals surface area (Å²) in [5.74, 6) is 0.803. The number of aryl methyl sites for hydroxylation is 2. The number of benzene rings is 2.